The second-order valence-electron chi connectivity index (χ2n) is 7.18. The van der Waals surface area contributed by atoms with Gasteiger partial charge in [-0.2, -0.15) is 0 Å². The first-order chi connectivity index (χ1) is 15.1. The first kappa shape index (κ1) is 20.8. The Hall–Kier alpha value is -3.51. The SMILES string of the molecule is CCOc1cccc(C2C=C(c3cccc(OC)c3)NC(c3ccccc3F)N2)c1O. The van der Waals surface area contributed by atoms with E-state index >= 15 is 0 Å². The van der Waals surface area contributed by atoms with Crippen LogP contribution >= 0.6 is 0 Å². The summed E-state index contributed by atoms with van der Waals surface area (Å²) in [5.74, 6) is 0.890. The van der Waals surface area contributed by atoms with Crippen molar-refractivity contribution in [2.75, 3.05) is 13.7 Å². The summed E-state index contributed by atoms with van der Waals surface area (Å²) < 4.78 is 25.5. The molecule has 3 aromatic carbocycles. The summed E-state index contributed by atoms with van der Waals surface area (Å²) >= 11 is 0. The van der Waals surface area contributed by atoms with E-state index in [-0.39, 0.29) is 17.6 Å². The summed E-state index contributed by atoms with van der Waals surface area (Å²) in [7, 11) is 1.62. The van der Waals surface area contributed by atoms with Crippen LogP contribution in [-0.2, 0) is 0 Å². The fourth-order valence-corrected chi connectivity index (χ4v) is 3.73. The van der Waals surface area contributed by atoms with Gasteiger partial charge in [-0.1, -0.05) is 42.5 Å². The number of benzene rings is 3. The molecule has 0 aromatic heterocycles. The van der Waals surface area contributed by atoms with Crippen molar-refractivity contribution < 1.29 is 19.0 Å². The minimum Gasteiger partial charge on any atom is -0.504 e. The van der Waals surface area contributed by atoms with E-state index in [1.165, 1.54) is 6.07 Å². The molecule has 0 spiro atoms. The maximum absolute atomic E-state index is 14.6. The summed E-state index contributed by atoms with van der Waals surface area (Å²) in [6.45, 7) is 2.31. The fraction of sp³-hybridized carbons (Fsp3) is 0.200. The third kappa shape index (κ3) is 4.34. The second-order valence-corrected chi connectivity index (χ2v) is 7.18. The van der Waals surface area contributed by atoms with E-state index in [0.717, 1.165) is 17.0 Å². The summed E-state index contributed by atoms with van der Waals surface area (Å²) in [4.78, 5) is 0. The largest absolute Gasteiger partial charge is 0.504 e. The number of nitrogens with one attached hydrogen (secondary N) is 2. The molecule has 0 aliphatic carbocycles. The molecule has 0 radical (unpaired) electrons. The van der Waals surface area contributed by atoms with Crippen LogP contribution in [0.4, 0.5) is 4.39 Å². The lowest BCUT2D eigenvalue weighted by Crippen LogP contribution is -2.40. The summed E-state index contributed by atoms with van der Waals surface area (Å²) in [6.07, 6.45) is 1.46. The standard InChI is InChI=1S/C25H25FN2O3/c1-3-31-23-13-7-11-19(24(23)29)22-15-21(16-8-6-9-17(14-16)30-2)27-25(28-22)18-10-4-5-12-20(18)26/h4-15,22,25,27-29H,3H2,1-2H3. The highest BCUT2D eigenvalue weighted by Gasteiger charge is 2.28. The molecule has 1 heterocycles. The molecule has 31 heavy (non-hydrogen) atoms. The predicted molar refractivity (Wildman–Crippen MR) is 118 cm³/mol. The van der Waals surface area contributed by atoms with Gasteiger partial charge in [0, 0.05) is 22.4 Å². The molecule has 0 bridgehead atoms. The molecule has 1 aliphatic heterocycles. The van der Waals surface area contributed by atoms with Gasteiger partial charge in [-0.3, -0.25) is 5.32 Å². The number of hydrogen-bond acceptors (Lipinski definition) is 5. The number of methoxy groups -OCH3 is 1. The van der Waals surface area contributed by atoms with E-state index in [1.807, 2.05) is 49.4 Å². The molecular formula is C25H25FN2O3. The third-order valence-electron chi connectivity index (χ3n) is 5.24. The zero-order valence-electron chi connectivity index (χ0n) is 17.4. The van der Waals surface area contributed by atoms with E-state index in [1.54, 1.807) is 31.4 Å². The Labute approximate surface area is 181 Å². The highest BCUT2D eigenvalue weighted by atomic mass is 19.1. The van der Waals surface area contributed by atoms with Crippen LogP contribution in [-0.4, -0.2) is 18.8 Å². The van der Waals surface area contributed by atoms with E-state index < -0.39 is 6.17 Å². The van der Waals surface area contributed by atoms with Gasteiger partial charge >= 0.3 is 0 Å². The molecular weight excluding hydrogens is 395 g/mol. The van der Waals surface area contributed by atoms with E-state index in [2.05, 4.69) is 10.6 Å². The minimum atomic E-state index is -0.507. The summed E-state index contributed by atoms with van der Waals surface area (Å²) in [6, 6.07) is 19.3. The first-order valence-corrected chi connectivity index (χ1v) is 10.2. The highest BCUT2D eigenvalue weighted by molar-refractivity contribution is 5.68. The van der Waals surface area contributed by atoms with Crippen LogP contribution in [0, 0.1) is 5.82 Å². The Morgan fingerprint density at radius 2 is 1.77 bits per heavy atom. The van der Waals surface area contributed by atoms with Crippen LogP contribution in [0.15, 0.2) is 72.8 Å². The van der Waals surface area contributed by atoms with Crippen molar-refractivity contribution in [2.24, 2.45) is 0 Å². The highest BCUT2D eigenvalue weighted by Crippen LogP contribution is 2.38. The average molecular weight is 420 g/mol. The molecule has 0 fully saturated rings. The van der Waals surface area contributed by atoms with Gasteiger partial charge < -0.3 is 19.9 Å². The van der Waals surface area contributed by atoms with Crippen molar-refractivity contribution in [1.29, 1.82) is 0 Å². The van der Waals surface area contributed by atoms with Gasteiger partial charge in [-0.05, 0) is 37.3 Å². The second kappa shape index (κ2) is 9.10. The molecule has 2 atom stereocenters. The van der Waals surface area contributed by atoms with Crippen LogP contribution in [0.25, 0.3) is 5.70 Å². The number of rotatable bonds is 6. The van der Waals surface area contributed by atoms with Crippen molar-refractivity contribution in [3.63, 3.8) is 0 Å². The molecule has 6 heteroatoms. The lowest BCUT2D eigenvalue weighted by molar-refractivity contribution is 0.314. The molecule has 4 rings (SSSR count). The normalized spacial score (nSPS) is 18.1. The van der Waals surface area contributed by atoms with Gasteiger partial charge in [0.25, 0.3) is 0 Å². The Morgan fingerprint density at radius 1 is 1.00 bits per heavy atom. The lowest BCUT2D eigenvalue weighted by Gasteiger charge is -2.33. The lowest BCUT2D eigenvalue weighted by atomic mass is 9.97. The van der Waals surface area contributed by atoms with Gasteiger partial charge in [-0.15, -0.1) is 0 Å². The maximum Gasteiger partial charge on any atom is 0.162 e. The number of halogens is 1. The fourth-order valence-electron chi connectivity index (χ4n) is 3.73. The third-order valence-corrected chi connectivity index (χ3v) is 5.24. The summed E-state index contributed by atoms with van der Waals surface area (Å²) in [5, 5.41) is 17.6. The van der Waals surface area contributed by atoms with Crippen molar-refractivity contribution in [2.45, 2.75) is 19.1 Å². The van der Waals surface area contributed by atoms with Crippen LogP contribution < -0.4 is 20.1 Å². The van der Waals surface area contributed by atoms with Crippen LogP contribution in [0.1, 0.15) is 35.8 Å². The molecule has 0 amide bonds. The van der Waals surface area contributed by atoms with Gasteiger partial charge in [0.1, 0.15) is 17.7 Å². The van der Waals surface area contributed by atoms with Gasteiger partial charge in [-0.25, -0.2) is 4.39 Å². The van der Waals surface area contributed by atoms with Gasteiger partial charge in [0.05, 0.1) is 19.8 Å². The van der Waals surface area contributed by atoms with Crippen LogP contribution in [0.2, 0.25) is 0 Å². The average Bonchev–Trinajstić information content (AvgIpc) is 2.80. The number of ether oxygens (including phenoxy) is 2. The van der Waals surface area contributed by atoms with Crippen molar-refractivity contribution in [1.82, 2.24) is 10.6 Å². The molecule has 0 saturated heterocycles. The number of para-hydroxylation sites is 1. The van der Waals surface area contributed by atoms with Crippen molar-refractivity contribution in [3.8, 4) is 17.2 Å². The quantitative estimate of drug-likeness (QED) is 0.529. The van der Waals surface area contributed by atoms with E-state index in [0.29, 0.717) is 23.5 Å². The topological polar surface area (TPSA) is 62.8 Å². The molecule has 3 N–H and O–H groups in total. The van der Waals surface area contributed by atoms with Gasteiger partial charge in [0.15, 0.2) is 11.5 Å². The zero-order valence-corrected chi connectivity index (χ0v) is 17.4. The number of aromatic hydroxyl groups is 1. The molecule has 5 nitrogen and oxygen atoms in total. The molecule has 3 aromatic rings. The molecule has 0 saturated carbocycles. The van der Waals surface area contributed by atoms with Crippen LogP contribution in [0.5, 0.6) is 17.2 Å². The molecule has 1 aliphatic rings. The van der Waals surface area contributed by atoms with Gasteiger partial charge in [0.2, 0.25) is 0 Å². The summed E-state index contributed by atoms with van der Waals surface area (Å²) in [5.41, 5.74) is 2.83. The van der Waals surface area contributed by atoms with E-state index in [9.17, 15) is 9.50 Å². The number of hydrogen-bond donors (Lipinski definition) is 3. The minimum absolute atomic E-state index is 0.0669. The smallest absolute Gasteiger partial charge is 0.162 e. The number of phenolic OH excluding ortho intramolecular Hbond substituents is 1. The molecule has 160 valence electrons. The monoisotopic (exact) mass is 420 g/mol. The first-order valence-electron chi connectivity index (χ1n) is 10.2. The maximum atomic E-state index is 14.6. The Bertz CT molecular complexity index is 1100. The van der Waals surface area contributed by atoms with Crippen LogP contribution in [0.3, 0.4) is 0 Å². The van der Waals surface area contributed by atoms with Crippen molar-refractivity contribution >= 4 is 5.70 Å². The Morgan fingerprint density at radius 3 is 2.55 bits per heavy atom. The number of phenols is 1. The van der Waals surface area contributed by atoms with E-state index in [4.69, 9.17) is 9.47 Å². The van der Waals surface area contributed by atoms with Crippen molar-refractivity contribution in [3.05, 3.63) is 95.3 Å². The predicted octanol–water partition coefficient (Wildman–Crippen LogP) is 4.91. The zero-order chi connectivity index (χ0) is 21.8. The Kier molecular flexibility index (Phi) is 6.09. The Balaban J connectivity index is 1.79. The molecule has 2 unspecified atom stereocenters.